The SMILES string of the molecule is CC(C)N=C(C(=O)[O-])N(C1=CC=CC1)C(C)C.CC(C)N=C(C(=O)[O-])N(C1=CC=CC1)C(C)C.[Ni+2]. The Kier molecular flexibility index (Phi) is 14.2. The molecule has 0 aromatic heterocycles. The topological polar surface area (TPSA) is 111 Å². The van der Waals surface area contributed by atoms with E-state index in [1.807, 2.05) is 91.8 Å². The van der Waals surface area contributed by atoms with Crippen LogP contribution in [0, 0.1) is 0 Å². The van der Waals surface area contributed by atoms with Gasteiger partial charge < -0.3 is 29.6 Å². The first-order valence-electron chi connectivity index (χ1n) is 11.7. The van der Waals surface area contributed by atoms with E-state index in [-0.39, 0.29) is 52.3 Å². The molecule has 196 valence electrons. The van der Waals surface area contributed by atoms with Gasteiger partial charge in [0, 0.05) is 48.4 Å². The van der Waals surface area contributed by atoms with Crippen LogP contribution in [0.3, 0.4) is 0 Å². The van der Waals surface area contributed by atoms with E-state index in [1.54, 1.807) is 9.80 Å². The molecule has 0 N–H and O–H groups in total. The molecule has 9 heteroatoms. The van der Waals surface area contributed by atoms with Gasteiger partial charge in [-0.05, 0) is 67.5 Å². The minimum atomic E-state index is -1.22. The Morgan fingerprint density at radius 3 is 1.20 bits per heavy atom. The first-order chi connectivity index (χ1) is 15.9. The van der Waals surface area contributed by atoms with Crippen molar-refractivity contribution in [1.29, 1.82) is 0 Å². The Hall–Kier alpha value is -2.67. The average Bonchev–Trinajstić information content (AvgIpc) is 3.40. The summed E-state index contributed by atoms with van der Waals surface area (Å²) in [7, 11) is 0. The number of carbonyl (C=O) groups is 2. The molecule has 2 rings (SSSR count). The summed E-state index contributed by atoms with van der Waals surface area (Å²) in [4.78, 5) is 34.2. The number of nitrogens with zero attached hydrogens (tertiary/aromatic N) is 4. The van der Waals surface area contributed by atoms with Gasteiger partial charge in [-0.2, -0.15) is 0 Å². The third kappa shape index (κ3) is 10.2. The number of amidine groups is 2. The molecule has 0 aliphatic heterocycles. The summed E-state index contributed by atoms with van der Waals surface area (Å²) in [6.07, 6.45) is 13.1. The zero-order valence-electron chi connectivity index (χ0n) is 21.9. The quantitative estimate of drug-likeness (QED) is 0.297. The number of hydrogen-bond donors (Lipinski definition) is 0. The van der Waals surface area contributed by atoms with E-state index in [2.05, 4.69) is 9.98 Å². The molecule has 0 radical (unpaired) electrons. The van der Waals surface area contributed by atoms with Crippen LogP contribution in [0.1, 0.15) is 68.2 Å². The van der Waals surface area contributed by atoms with Gasteiger partial charge in [0.25, 0.3) is 0 Å². The molecule has 0 atom stereocenters. The summed E-state index contributed by atoms with van der Waals surface area (Å²) < 4.78 is 0. The van der Waals surface area contributed by atoms with E-state index in [1.165, 1.54) is 0 Å². The Morgan fingerprint density at radius 1 is 0.714 bits per heavy atom. The molecule has 0 bridgehead atoms. The molecule has 35 heavy (non-hydrogen) atoms. The molecule has 0 aromatic rings. The van der Waals surface area contributed by atoms with Gasteiger partial charge >= 0.3 is 16.5 Å². The zero-order chi connectivity index (χ0) is 26.0. The van der Waals surface area contributed by atoms with E-state index in [4.69, 9.17) is 0 Å². The number of aliphatic carboxylic acids is 2. The fourth-order valence-electron chi connectivity index (χ4n) is 3.57. The van der Waals surface area contributed by atoms with Crippen molar-refractivity contribution in [1.82, 2.24) is 9.80 Å². The predicted molar refractivity (Wildman–Crippen MR) is 133 cm³/mol. The largest absolute Gasteiger partial charge is 2.00 e. The number of aliphatic imine (C=N–C) groups is 2. The number of carboxylic acids is 2. The van der Waals surface area contributed by atoms with Crippen LogP contribution in [-0.4, -0.2) is 57.6 Å². The van der Waals surface area contributed by atoms with Crippen LogP contribution in [-0.2, 0) is 26.1 Å². The summed E-state index contributed by atoms with van der Waals surface area (Å²) in [6, 6.07) is -0.0636. The molecule has 0 aromatic carbocycles. The summed E-state index contributed by atoms with van der Waals surface area (Å²) in [5, 5.41) is 22.4. The van der Waals surface area contributed by atoms with Crippen molar-refractivity contribution in [2.45, 2.75) is 92.4 Å². The standard InChI is InChI=1S/2C13H20N2O2.Ni/c2*1-9(2)14-12(13(16)17)15(10(3)4)11-7-5-6-8-11;/h2*5-7,9-10H,8H2,1-4H3,(H,16,17);/q;;+2/p-2. The van der Waals surface area contributed by atoms with Crippen LogP contribution in [0.15, 0.2) is 57.8 Å². The molecular formula is C26H38N4NiO4. The summed E-state index contributed by atoms with van der Waals surface area (Å²) >= 11 is 0. The second kappa shape index (κ2) is 15.4. The van der Waals surface area contributed by atoms with Crippen molar-refractivity contribution in [3.05, 3.63) is 47.9 Å². The molecule has 0 amide bonds. The fraction of sp³-hybridized carbons (Fsp3) is 0.538. The van der Waals surface area contributed by atoms with Crippen LogP contribution in [0.5, 0.6) is 0 Å². The van der Waals surface area contributed by atoms with E-state index in [0.717, 1.165) is 24.2 Å². The minimum absolute atomic E-state index is 0. The smallest absolute Gasteiger partial charge is 0.542 e. The second-order valence-corrected chi connectivity index (χ2v) is 9.18. The van der Waals surface area contributed by atoms with Crippen molar-refractivity contribution >= 4 is 23.6 Å². The molecule has 2 aliphatic carbocycles. The predicted octanol–water partition coefficient (Wildman–Crippen LogP) is 2.19. The minimum Gasteiger partial charge on any atom is -0.542 e. The molecule has 0 saturated heterocycles. The molecule has 0 spiro atoms. The molecule has 2 aliphatic rings. The third-order valence-corrected chi connectivity index (χ3v) is 4.74. The van der Waals surface area contributed by atoms with Gasteiger partial charge in [-0.1, -0.05) is 24.3 Å². The van der Waals surface area contributed by atoms with E-state index >= 15 is 0 Å². The van der Waals surface area contributed by atoms with Gasteiger partial charge in [0.15, 0.2) is 11.7 Å². The molecule has 0 heterocycles. The van der Waals surface area contributed by atoms with Gasteiger partial charge in [0.05, 0.1) is 0 Å². The maximum atomic E-state index is 11.2. The molecule has 0 saturated carbocycles. The Morgan fingerprint density at radius 2 is 1.03 bits per heavy atom. The maximum Gasteiger partial charge on any atom is 2.00 e. The van der Waals surface area contributed by atoms with Crippen molar-refractivity contribution in [2.24, 2.45) is 9.98 Å². The third-order valence-electron chi connectivity index (χ3n) is 4.74. The summed E-state index contributed by atoms with van der Waals surface area (Å²) in [6.45, 7) is 15.2. The Balaban J connectivity index is 0.000000642. The van der Waals surface area contributed by atoms with Gasteiger partial charge in [-0.15, -0.1) is 0 Å². The summed E-state index contributed by atoms with van der Waals surface area (Å²) in [5.74, 6) is -2.41. The Bertz CT molecular complexity index is 838. The van der Waals surface area contributed by atoms with E-state index in [0.29, 0.717) is 0 Å². The van der Waals surface area contributed by atoms with Crippen LogP contribution < -0.4 is 10.2 Å². The normalized spacial score (nSPS) is 15.2. The number of rotatable bonds is 6. The first kappa shape index (κ1) is 32.3. The molecule has 0 fully saturated rings. The van der Waals surface area contributed by atoms with Crippen LogP contribution >= 0.6 is 0 Å². The van der Waals surface area contributed by atoms with Crippen LogP contribution in [0.4, 0.5) is 0 Å². The average molecular weight is 529 g/mol. The van der Waals surface area contributed by atoms with Gasteiger partial charge in [0.1, 0.15) is 11.9 Å². The molecule has 0 unspecified atom stereocenters. The van der Waals surface area contributed by atoms with E-state index < -0.39 is 11.9 Å². The zero-order valence-corrected chi connectivity index (χ0v) is 22.9. The monoisotopic (exact) mass is 528 g/mol. The van der Waals surface area contributed by atoms with Crippen molar-refractivity contribution in [2.75, 3.05) is 0 Å². The van der Waals surface area contributed by atoms with Crippen molar-refractivity contribution in [3.8, 4) is 0 Å². The van der Waals surface area contributed by atoms with Gasteiger partial charge in [-0.25, -0.2) is 0 Å². The van der Waals surface area contributed by atoms with Crippen molar-refractivity contribution in [3.63, 3.8) is 0 Å². The van der Waals surface area contributed by atoms with E-state index in [9.17, 15) is 19.8 Å². The first-order valence-corrected chi connectivity index (χ1v) is 11.7. The van der Waals surface area contributed by atoms with Gasteiger partial charge in [-0.3, -0.25) is 9.98 Å². The van der Waals surface area contributed by atoms with Crippen LogP contribution in [0.2, 0.25) is 0 Å². The van der Waals surface area contributed by atoms with Crippen molar-refractivity contribution < 1.29 is 36.3 Å². The number of allylic oxidation sites excluding steroid dienone is 6. The maximum absolute atomic E-state index is 11.2. The number of hydrogen-bond acceptors (Lipinski definition) is 6. The van der Waals surface area contributed by atoms with Gasteiger partial charge in [0.2, 0.25) is 0 Å². The fourth-order valence-corrected chi connectivity index (χ4v) is 3.57. The molecule has 8 nitrogen and oxygen atoms in total. The molecular weight excluding hydrogens is 491 g/mol. The summed E-state index contributed by atoms with van der Waals surface area (Å²) in [5.41, 5.74) is 1.90. The number of carbonyl (C=O) groups excluding carboxylic acids is 2. The second-order valence-electron chi connectivity index (χ2n) is 9.18. The van der Waals surface area contributed by atoms with Crippen LogP contribution in [0.25, 0.3) is 0 Å². The number of carboxylic acid groups (broad SMARTS) is 2. The Labute approximate surface area is 219 Å².